The Morgan fingerprint density at radius 3 is 2.38 bits per heavy atom. The number of anilines is 2. The molecule has 0 aliphatic heterocycles. The summed E-state index contributed by atoms with van der Waals surface area (Å²) in [6.07, 6.45) is 5.52. The van der Waals surface area contributed by atoms with Gasteiger partial charge < -0.3 is 10.6 Å². The highest BCUT2D eigenvalue weighted by Crippen LogP contribution is 2.22. The number of rotatable bonds is 7. The summed E-state index contributed by atoms with van der Waals surface area (Å²) < 4.78 is 0. The predicted octanol–water partition coefficient (Wildman–Crippen LogP) is 3.18. The van der Waals surface area contributed by atoms with E-state index in [9.17, 15) is 0 Å². The zero-order valence-corrected chi connectivity index (χ0v) is 13.0. The highest BCUT2D eigenvalue weighted by atomic mass is 15.1. The van der Waals surface area contributed by atoms with E-state index in [0.717, 1.165) is 47.8 Å². The number of nitrogens with one attached hydrogen (secondary N) is 2. The van der Waals surface area contributed by atoms with Crippen LogP contribution in [0, 0.1) is 6.92 Å². The highest BCUT2D eigenvalue weighted by Gasteiger charge is 2.10. The molecule has 0 aliphatic rings. The van der Waals surface area contributed by atoms with Gasteiger partial charge in [0, 0.05) is 30.5 Å². The normalized spacial score (nSPS) is 10.4. The molecule has 21 heavy (non-hydrogen) atoms. The maximum atomic E-state index is 4.39. The van der Waals surface area contributed by atoms with Crippen LogP contribution in [0.4, 0.5) is 11.6 Å². The molecule has 0 radical (unpaired) electrons. The maximum Gasteiger partial charge on any atom is 0.134 e. The van der Waals surface area contributed by atoms with Crippen molar-refractivity contribution in [1.82, 2.24) is 15.0 Å². The molecule has 2 heterocycles. The molecule has 0 amide bonds. The van der Waals surface area contributed by atoms with Crippen LogP contribution in [-0.2, 0) is 13.0 Å². The molecule has 5 heteroatoms. The number of nitrogens with zero attached hydrogens (tertiary/aromatic N) is 3. The fourth-order valence-corrected chi connectivity index (χ4v) is 2.16. The molecule has 0 fully saturated rings. The van der Waals surface area contributed by atoms with E-state index in [1.807, 2.05) is 19.2 Å². The summed E-state index contributed by atoms with van der Waals surface area (Å²) in [4.78, 5) is 13.0. The van der Waals surface area contributed by atoms with Gasteiger partial charge >= 0.3 is 0 Å². The van der Waals surface area contributed by atoms with E-state index < -0.39 is 0 Å². The van der Waals surface area contributed by atoms with E-state index >= 15 is 0 Å². The Morgan fingerprint density at radius 1 is 1.00 bits per heavy atom. The van der Waals surface area contributed by atoms with Crippen molar-refractivity contribution >= 4 is 11.6 Å². The van der Waals surface area contributed by atoms with Crippen LogP contribution in [0.5, 0.6) is 0 Å². The predicted molar refractivity (Wildman–Crippen MR) is 86.5 cm³/mol. The molecule has 2 N–H and O–H groups in total. The second-order valence-corrected chi connectivity index (χ2v) is 4.99. The fourth-order valence-electron chi connectivity index (χ4n) is 2.16. The minimum absolute atomic E-state index is 0.715. The van der Waals surface area contributed by atoms with Gasteiger partial charge in [0.25, 0.3) is 0 Å². The van der Waals surface area contributed by atoms with Crippen molar-refractivity contribution in [3.05, 3.63) is 41.5 Å². The van der Waals surface area contributed by atoms with Crippen molar-refractivity contribution < 1.29 is 0 Å². The Labute approximate surface area is 126 Å². The average Bonchev–Trinajstić information content (AvgIpc) is 2.49. The van der Waals surface area contributed by atoms with Crippen LogP contribution in [0.25, 0.3) is 0 Å². The Balaban J connectivity index is 2.14. The number of hydrogen-bond donors (Lipinski definition) is 2. The van der Waals surface area contributed by atoms with Crippen LogP contribution in [0.3, 0.4) is 0 Å². The van der Waals surface area contributed by atoms with Crippen molar-refractivity contribution in [3.63, 3.8) is 0 Å². The van der Waals surface area contributed by atoms with Crippen LogP contribution in [-0.4, -0.2) is 21.5 Å². The molecule has 2 aromatic heterocycles. The standard InChI is InChI=1S/C16H23N5/c1-4-6-14-15(17-5-2)20-11-21-16(14)19-10-13-8-7-12(3)18-9-13/h7-9,11H,4-6,10H2,1-3H3,(H2,17,19,20,21). The Hall–Kier alpha value is -2.17. The van der Waals surface area contributed by atoms with Gasteiger partial charge in [0.15, 0.2) is 0 Å². The average molecular weight is 285 g/mol. The second-order valence-electron chi connectivity index (χ2n) is 4.99. The van der Waals surface area contributed by atoms with Crippen LogP contribution in [0.1, 0.15) is 37.1 Å². The van der Waals surface area contributed by atoms with Crippen molar-refractivity contribution in [2.75, 3.05) is 17.2 Å². The lowest BCUT2D eigenvalue weighted by molar-refractivity contribution is 0.895. The molecule has 5 nitrogen and oxygen atoms in total. The zero-order valence-electron chi connectivity index (χ0n) is 13.0. The molecule has 0 spiro atoms. The van der Waals surface area contributed by atoms with Crippen molar-refractivity contribution in [1.29, 1.82) is 0 Å². The minimum atomic E-state index is 0.715. The first-order valence-electron chi connectivity index (χ1n) is 7.47. The first-order valence-corrected chi connectivity index (χ1v) is 7.47. The molecule has 0 saturated carbocycles. The molecule has 0 atom stereocenters. The molecular weight excluding hydrogens is 262 g/mol. The number of hydrogen-bond acceptors (Lipinski definition) is 5. The lowest BCUT2D eigenvalue weighted by Crippen LogP contribution is -2.10. The quantitative estimate of drug-likeness (QED) is 0.818. The molecule has 0 bridgehead atoms. The van der Waals surface area contributed by atoms with E-state index in [1.165, 1.54) is 0 Å². The molecule has 2 aromatic rings. The smallest absolute Gasteiger partial charge is 0.134 e. The summed E-state index contributed by atoms with van der Waals surface area (Å²) in [5.41, 5.74) is 3.33. The second kappa shape index (κ2) is 7.57. The van der Waals surface area contributed by atoms with E-state index in [0.29, 0.717) is 6.54 Å². The van der Waals surface area contributed by atoms with E-state index in [4.69, 9.17) is 0 Å². The number of aromatic nitrogens is 3. The Kier molecular flexibility index (Phi) is 5.49. The van der Waals surface area contributed by atoms with Crippen molar-refractivity contribution in [2.24, 2.45) is 0 Å². The molecule has 112 valence electrons. The monoisotopic (exact) mass is 285 g/mol. The molecular formula is C16H23N5. The molecule has 0 aromatic carbocycles. The Bertz CT molecular complexity index is 565. The zero-order chi connectivity index (χ0) is 15.1. The Morgan fingerprint density at radius 2 is 1.76 bits per heavy atom. The van der Waals surface area contributed by atoms with Gasteiger partial charge in [0.2, 0.25) is 0 Å². The minimum Gasteiger partial charge on any atom is -0.370 e. The van der Waals surface area contributed by atoms with Gasteiger partial charge in [0.1, 0.15) is 18.0 Å². The van der Waals surface area contributed by atoms with Gasteiger partial charge in [-0.3, -0.25) is 4.98 Å². The van der Waals surface area contributed by atoms with Gasteiger partial charge in [-0.1, -0.05) is 19.4 Å². The first kappa shape index (κ1) is 15.2. The third-order valence-corrected chi connectivity index (χ3v) is 3.22. The molecule has 0 saturated heterocycles. The summed E-state index contributed by atoms with van der Waals surface area (Å²) in [7, 11) is 0. The van der Waals surface area contributed by atoms with Gasteiger partial charge in [-0.2, -0.15) is 0 Å². The topological polar surface area (TPSA) is 62.7 Å². The fraction of sp³-hybridized carbons (Fsp3) is 0.438. The first-order chi connectivity index (χ1) is 10.2. The van der Waals surface area contributed by atoms with Gasteiger partial charge in [-0.15, -0.1) is 0 Å². The summed E-state index contributed by atoms with van der Waals surface area (Å²) in [6.45, 7) is 7.80. The van der Waals surface area contributed by atoms with Crippen LogP contribution in [0.15, 0.2) is 24.7 Å². The number of pyridine rings is 1. The van der Waals surface area contributed by atoms with Gasteiger partial charge in [0.05, 0.1) is 0 Å². The van der Waals surface area contributed by atoms with Gasteiger partial charge in [-0.05, 0) is 31.9 Å². The third kappa shape index (κ3) is 4.15. The summed E-state index contributed by atoms with van der Waals surface area (Å²) in [5.74, 6) is 1.84. The van der Waals surface area contributed by atoms with E-state index in [-0.39, 0.29) is 0 Å². The lowest BCUT2D eigenvalue weighted by atomic mass is 10.1. The van der Waals surface area contributed by atoms with Crippen molar-refractivity contribution in [3.8, 4) is 0 Å². The molecule has 0 aliphatic carbocycles. The van der Waals surface area contributed by atoms with Crippen LogP contribution >= 0.6 is 0 Å². The molecule has 2 rings (SSSR count). The van der Waals surface area contributed by atoms with Crippen LogP contribution < -0.4 is 10.6 Å². The number of aryl methyl sites for hydroxylation is 1. The van der Waals surface area contributed by atoms with Crippen molar-refractivity contribution in [2.45, 2.75) is 40.2 Å². The lowest BCUT2D eigenvalue weighted by Gasteiger charge is -2.14. The third-order valence-electron chi connectivity index (χ3n) is 3.22. The highest BCUT2D eigenvalue weighted by molar-refractivity contribution is 5.57. The summed E-state index contributed by atoms with van der Waals surface area (Å²) in [5, 5.41) is 6.71. The SMILES string of the molecule is CCCc1c(NCC)ncnc1NCc1ccc(C)nc1. The van der Waals surface area contributed by atoms with E-state index in [1.54, 1.807) is 6.33 Å². The van der Waals surface area contributed by atoms with Gasteiger partial charge in [-0.25, -0.2) is 9.97 Å². The summed E-state index contributed by atoms with van der Waals surface area (Å²) in [6, 6.07) is 4.11. The van der Waals surface area contributed by atoms with Crippen LogP contribution in [0.2, 0.25) is 0 Å². The summed E-state index contributed by atoms with van der Waals surface area (Å²) >= 11 is 0. The maximum absolute atomic E-state index is 4.39. The molecule has 0 unspecified atom stereocenters. The largest absolute Gasteiger partial charge is 0.370 e. The van der Waals surface area contributed by atoms with E-state index in [2.05, 4.69) is 45.5 Å².